The highest BCUT2D eigenvalue weighted by atomic mass is 79.9. The first-order valence-corrected chi connectivity index (χ1v) is 7.24. The second kappa shape index (κ2) is 8.77. The second-order valence-corrected chi connectivity index (χ2v) is 5.41. The number of hydrogen-bond acceptors (Lipinski definition) is 5. The fraction of sp³-hybridized carbons (Fsp3) is 0.417. The number of nitrogens with two attached hydrogens (primary N) is 1. The average Bonchev–Trinajstić information content (AvgIpc) is 2.44. The molecule has 5 nitrogen and oxygen atoms in total. The molecule has 21 heavy (non-hydrogen) atoms. The molecule has 120 valence electrons. The summed E-state index contributed by atoms with van der Waals surface area (Å²) in [5.74, 6) is -1.07. The number of esters is 1. The van der Waals surface area contributed by atoms with Crippen LogP contribution in [0.1, 0.15) is 18.5 Å². The number of halogens is 4. The number of phenolic OH excluding ortho intramolecular Hbond substituents is 1. The second-order valence-electron chi connectivity index (χ2n) is 3.82. The summed E-state index contributed by atoms with van der Waals surface area (Å²) in [6.07, 6.45) is -2.02. The van der Waals surface area contributed by atoms with Crippen LogP contribution in [-0.2, 0) is 9.53 Å². The van der Waals surface area contributed by atoms with Gasteiger partial charge < -0.3 is 20.3 Å². The highest BCUT2D eigenvalue weighted by Crippen LogP contribution is 2.43. The summed E-state index contributed by atoms with van der Waals surface area (Å²) in [5.41, 5.74) is 6.02. The van der Waals surface area contributed by atoms with Gasteiger partial charge in [0, 0.05) is 4.47 Å². The lowest BCUT2D eigenvalue weighted by atomic mass is 10.0. The Balaban J connectivity index is 0.00000400. The topological polar surface area (TPSA) is 81.8 Å². The number of hydrogen-bond donors (Lipinski definition) is 2. The molecule has 0 fully saturated rings. The van der Waals surface area contributed by atoms with E-state index in [1.165, 1.54) is 13.2 Å². The standard InChI is InChI=1S/C12H14Br2FNO4.ClH/c1-3-20-12(18)9(15)10(16)5-4-6(19-2)11(17)8(14)7(5)13;/h4,9-10,17H,3,16H2,1-2H3;1H/t9?,10-;/m0./s1. The van der Waals surface area contributed by atoms with Crippen LogP contribution in [-0.4, -0.2) is 31.0 Å². The van der Waals surface area contributed by atoms with Crippen molar-refractivity contribution in [1.29, 1.82) is 0 Å². The van der Waals surface area contributed by atoms with E-state index < -0.39 is 18.2 Å². The van der Waals surface area contributed by atoms with Crippen molar-refractivity contribution in [1.82, 2.24) is 0 Å². The summed E-state index contributed by atoms with van der Waals surface area (Å²) in [7, 11) is 1.35. The molecule has 0 aromatic heterocycles. The van der Waals surface area contributed by atoms with E-state index in [4.69, 9.17) is 10.5 Å². The lowest BCUT2D eigenvalue weighted by Crippen LogP contribution is -2.31. The summed E-state index contributed by atoms with van der Waals surface area (Å²) < 4.78 is 24.1. The van der Waals surface area contributed by atoms with Crippen LogP contribution in [0.25, 0.3) is 0 Å². The van der Waals surface area contributed by atoms with Gasteiger partial charge in [0.15, 0.2) is 11.5 Å². The fourth-order valence-electron chi connectivity index (χ4n) is 1.54. The molecule has 2 atom stereocenters. The van der Waals surface area contributed by atoms with Gasteiger partial charge in [0.25, 0.3) is 0 Å². The van der Waals surface area contributed by atoms with Crippen LogP contribution in [0.5, 0.6) is 11.5 Å². The van der Waals surface area contributed by atoms with Crippen molar-refractivity contribution >= 4 is 50.2 Å². The SMILES string of the molecule is CCOC(=O)C(F)[C@@H](N)c1cc(OC)c(O)c(Br)c1Br.Cl. The molecule has 0 saturated carbocycles. The summed E-state index contributed by atoms with van der Waals surface area (Å²) in [6, 6.07) is 0.106. The van der Waals surface area contributed by atoms with Crippen LogP contribution in [0.15, 0.2) is 15.0 Å². The van der Waals surface area contributed by atoms with E-state index in [-0.39, 0.29) is 40.5 Å². The summed E-state index contributed by atoms with van der Waals surface area (Å²) in [6.45, 7) is 1.64. The Bertz CT molecular complexity index is 519. The van der Waals surface area contributed by atoms with Gasteiger partial charge in [-0.1, -0.05) is 0 Å². The van der Waals surface area contributed by atoms with E-state index in [1.807, 2.05) is 0 Å². The minimum absolute atomic E-state index is 0. The molecule has 0 radical (unpaired) electrons. The van der Waals surface area contributed by atoms with Crippen LogP contribution in [0, 0.1) is 0 Å². The molecule has 0 bridgehead atoms. The van der Waals surface area contributed by atoms with Gasteiger partial charge >= 0.3 is 5.97 Å². The molecule has 1 unspecified atom stereocenters. The number of carbonyl (C=O) groups excluding carboxylic acids is 1. The average molecular weight is 452 g/mol. The van der Waals surface area contributed by atoms with Crippen LogP contribution < -0.4 is 10.5 Å². The maximum Gasteiger partial charge on any atom is 0.342 e. The highest BCUT2D eigenvalue weighted by Gasteiger charge is 2.31. The van der Waals surface area contributed by atoms with Crippen molar-refractivity contribution in [3.8, 4) is 11.5 Å². The number of carbonyl (C=O) groups is 1. The Hall–Kier alpha value is -0.570. The minimum Gasteiger partial charge on any atom is -0.503 e. The Morgan fingerprint density at radius 2 is 2.05 bits per heavy atom. The third-order valence-electron chi connectivity index (χ3n) is 2.58. The third kappa shape index (κ3) is 4.45. The monoisotopic (exact) mass is 449 g/mol. The smallest absolute Gasteiger partial charge is 0.342 e. The van der Waals surface area contributed by atoms with Gasteiger partial charge in [0.05, 0.1) is 24.2 Å². The zero-order chi connectivity index (χ0) is 15.4. The maximum atomic E-state index is 14.0. The molecular weight excluding hydrogens is 436 g/mol. The van der Waals surface area contributed by atoms with Crippen molar-refractivity contribution in [3.63, 3.8) is 0 Å². The van der Waals surface area contributed by atoms with E-state index in [9.17, 15) is 14.3 Å². The zero-order valence-electron chi connectivity index (χ0n) is 11.2. The van der Waals surface area contributed by atoms with Crippen LogP contribution in [0.4, 0.5) is 4.39 Å². The van der Waals surface area contributed by atoms with Gasteiger partial charge in [-0.25, -0.2) is 9.18 Å². The number of methoxy groups -OCH3 is 1. The fourth-order valence-corrected chi connectivity index (χ4v) is 2.53. The Morgan fingerprint density at radius 1 is 1.48 bits per heavy atom. The number of rotatable bonds is 5. The van der Waals surface area contributed by atoms with E-state index in [2.05, 4.69) is 36.6 Å². The quantitative estimate of drug-likeness (QED) is 0.672. The molecule has 0 aliphatic rings. The molecular formula is C12H15Br2ClFNO4. The van der Waals surface area contributed by atoms with Crippen LogP contribution in [0.3, 0.4) is 0 Å². The van der Waals surface area contributed by atoms with Gasteiger partial charge in [0.2, 0.25) is 6.17 Å². The molecule has 0 amide bonds. The Kier molecular flexibility index (Phi) is 8.53. The highest BCUT2D eigenvalue weighted by molar-refractivity contribution is 9.13. The molecule has 0 aliphatic carbocycles. The molecule has 0 saturated heterocycles. The van der Waals surface area contributed by atoms with Crippen LogP contribution >= 0.6 is 44.3 Å². The maximum absolute atomic E-state index is 14.0. The van der Waals surface area contributed by atoms with Crippen molar-refractivity contribution in [2.45, 2.75) is 19.1 Å². The molecule has 1 rings (SSSR count). The minimum atomic E-state index is -2.02. The van der Waals surface area contributed by atoms with Gasteiger partial charge in [-0.2, -0.15) is 0 Å². The first kappa shape index (κ1) is 20.4. The van der Waals surface area contributed by atoms with E-state index in [0.717, 1.165) is 0 Å². The molecule has 1 aromatic rings. The van der Waals surface area contributed by atoms with Gasteiger partial charge in [-0.3, -0.25) is 0 Å². The molecule has 0 spiro atoms. The number of aromatic hydroxyl groups is 1. The predicted molar refractivity (Wildman–Crippen MR) is 85.8 cm³/mol. The zero-order valence-corrected chi connectivity index (χ0v) is 15.2. The van der Waals surface area contributed by atoms with Crippen molar-refractivity contribution in [2.24, 2.45) is 5.73 Å². The first-order chi connectivity index (χ1) is 9.34. The Morgan fingerprint density at radius 3 is 2.52 bits per heavy atom. The van der Waals surface area contributed by atoms with Crippen LogP contribution in [0.2, 0.25) is 0 Å². The normalized spacial score (nSPS) is 13.0. The summed E-state index contributed by atoms with van der Waals surface area (Å²) >= 11 is 6.33. The summed E-state index contributed by atoms with van der Waals surface area (Å²) in [4.78, 5) is 11.4. The lowest BCUT2D eigenvalue weighted by Gasteiger charge is -2.19. The molecule has 1 aromatic carbocycles. The molecule has 0 heterocycles. The Labute approximate surface area is 144 Å². The van der Waals surface area contributed by atoms with Crippen molar-refractivity contribution < 1.29 is 23.8 Å². The largest absolute Gasteiger partial charge is 0.503 e. The molecule has 3 N–H and O–H groups in total. The van der Waals surface area contributed by atoms with E-state index >= 15 is 0 Å². The summed E-state index contributed by atoms with van der Waals surface area (Å²) in [5, 5.41) is 9.79. The van der Waals surface area contributed by atoms with E-state index in [1.54, 1.807) is 6.92 Å². The third-order valence-corrected chi connectivity index (χ3v) is 4.74. The van der Waals surface area contributed by atoms with Gasteiger partial charge in [-0.15, -0.1) is 12.4 Å². The lowest BCUT2D eigenvalue weighted by molar-refractivity contribution is -0.149. The predicted octanol–water partition coefficient (Wildman–Crippen LogP) is 3.25. The van der Waals surface area contributed by atoms with E-state index in [0.29, 0.717) is 4.47 Å². The number of ether oxygens (including phenoxy) is 2. The first-order valence-electron chi connectivity index (χ1n) is 5.66. The van der Waals surface area contributed by atoms with Crippen molar-refractivity contribution in [2.75, 3.05) is 13.7 Å². The van der Waals surface area contributed by atoms with Gasteiger partial charge in [-0.05, 0) is 50.4 Å². The number of phenols is 1. The number of benzene rings is 1. The van der Waals surface area contributed by atoms with Crippen molar-refractivity contribution in [3.05, 3.63) is 20.6 Å². The number of alkyl halides is 1. The molecule has 0 aliphatic heterocycles. The molecule has 9 heteroatoms. The van der Waals surface area contributed by atoms with Gasteiger partial charge in [0.1, 0.15) is 0 Å².